The van der Waals surface area contributed by atoms with E-state index in [1.165, 1.54) is 10.6 Å². The molecule has 3 aromatic rings. The molecular formula is C23H23ClFN3O4. The summed E-state index contributed by atoms with van der Waals surface area (Å²) in [5.74, 6) is 1.17. The van der Waals surface area contributed by atoms with Crippen molar-refractivity contribution in [2.24, 2.45) is 0 Å². The van der Waals surface area contributed by atoms with E-state index in [2.05, 4.69) is 4.98 Å². The summed E-state index contributed by atoms with van der Waals surface area (Å²) in [5, 5.41) is 2.28. The van der Waals surface area contributed by atoms with E-state index in [0.29, 0.717) is 41.0 Å². The minimum Gasteiger partial charge on any atom is -0.489 e. The third kappa shape index (κ3) is 5.85. The van der Waals surface area contributed by atoms with Crippen LogP contribution in [0, 0.1) is 0 Å². The Morgan fingerprint density at radius 3 is 2.69 bits per heavy atom. The van der Waals surface area contributed by atoms with Gasteiger partial charge in [0.1, 0.15) is 30.9 Å². The van der Waals surface area contributed by atoms with Crippen LogP contribution in [0.2, 0.25) is 5.02 Å². The van der Waals surface area contributed by atoms with Crippen LogP contribution >= 0.6 is 11.6 Å². The predicted molar refractivity (Wildman–Crippen MR) is 118 cm³/mol. The number of rotatable bonds is 9. The van der Waals surface area contributed by atoms with Crippen LogP contribution in [0.3, 0.4) is 0 Å². The second-order valence-electron chi connectivity index (χ2n) is 7.26. The van der Waals surface area contributed by atoms with Gasteiger partial charge in [-0.2, -0.15) is 5.06 Å². The molecule has 1 atom stereocenters. The average Bonchev–Trinajstić information content (AvgIpc) is 3.25. The Kier molecular flexibility index (Phi) is 7.36. The van der Waals surface area contributed by atoms with Gasteiger partial charge in [0.05, 0.1) is 23.9 Å². The summed E-state index contributed by atoms with van der Waals surface area (Å²) in [7, 11) is 0. The largest absolute Gasteiger partial charge is 0.489 e. The number of alkyl halides is 1. The molecular weight excluding hydrogens is 437 g/mol. The highest BCUT2D eigenvalue weighted by atomic mass is 35.5. The third-order valence-corrected chi connectivity index (χ3v) is 5.17. The number of nitrogens with zero attached hydrogens (tertiary/aromatic N) is 3. The number of hydroxylamine groups is 2. The van der Waals surface area contributed by atoms with Crippen LogP contribution in [0.5, 0.6) is 11.5 Å². The van der Waals surface area contributed by atoms with Gasteiger partial charge in [-0.1, -0.05) is 11.6 Å². The number of benzene rings is 1. The molecule has 1 aromatic carbocycles. The van der Waals surface area contributed by atoms with Crippen molar-refractivity contribution in [3.8, 4) is 17.2 Å². The lowest BCUT2D eigenvalue weighted by Crippen LogP contribution is -2.26. The fourth-order valence-electron chi connectivity index (χ4n) is 3.37. The Labute approximate surface area is 189 Å². The maximum atomic E-state index is 12.6. The molecule has 9 heteroatoms. The maximum Gasteiger partial charge on any atom is 0.258 e. The zero-order valence-electron chi connectivity index (χ0n) is 17.3. The lowest BCUT2D eigenvalue weighted by Gasteiger charge is -2.16. The molecule has 0 aliphatic carbocycles. The highest BCUT2D eigenvalue weighted by Gasteiger charge is 2.24. The van der Waals surface area contributed by atoms with Crippen LogP contribution in [0.4, 0.5) is 4.39 Å². The molecule has 1 saturated heterocycles. The Morgan fingerprint density at radius 1 is 1.12 bits per heavy atom. The summed E-state index contributed by atoms with van der Waals surface area (Å²) in [4.78, 5) is 22.0. The van der Waals surface area contributed by atoms with E-state index in [1.54, 1.807) is 35.7 Å². The minimum absolute atomic E-state index is 0.0188. The van der Waals surface area contributed by atoms with Gasteiger partial charge in [-0.15, -0.1) is 0 Å². The zero-order chi connectivity index (χ0) is 22.3. The van der Waals surface area contributed by atoms with Gasteiger partial charge in [-0.25, -0.2) is 4.39 Å². The monoisotopic (exact) mass is 459 g/mol. The van der Waals surface area contributed by atoms with Crippen LogP contribution in [0.25, 0.3) is 5.69 Å². The minimum atomic E-state index is -0.504. The van der Waals surface area contributed by atoms with E-state index in [9.17, 15) is 9.18 Å². The molecule has 32 heavy (non-hydrogen) atoms. The SMILES string of the molecule is O=c1cc(OCc2ccc(Cl)cn2)ccn1-c1ccc(O[C@@H]2CCN(OCCF)C2)cc1. The molecule has 7 nitrogen and oxygen atoms in total. The molecule has 2 aromatic heterocycles. The van der Waals surface area contributed by atoms with Gasteiger partial charge >= 0.3 is 0 Å². The smallest absolute Gasteiger partial charge is 0.258 e. The van der Waals surface area contributed by atoms with E-state index in [1.807, 2.05) is 24.3 Å². The van der Waals surface area contributed by atoms with Crippen molar-refractivity contribution in [2.75, 3.05) is 26.4 Å². The van der Waals surface area contributed by atoms with Gasteiger partial charge in [-0.05, 0) is 42.5 Å². The Balaban J connectivity index is 1.34. The first-order valence-corrected chi connectivity index (χ1v) is 10.7. The Hall–Kier alpha value is -2.94. The molecule has 0 unspecified atom stereocenters. The average molecular weight is 460 g/mol. The molecule has 0 spiro atoms. The summed E-state index contributed by atoms with van der Waals surface area (Å²) >= 11 is 5.83. The van der Waals surface area contributed by atoms with E-state index in [4.69, 9.17) is 25.9 Å². The second-order valence-corrected chi connectivity index (χ2v) is 7.70. The van der Waals surface area contributed by atoms with E-state index >= 15 is 0 Å². The molecule has 0 saturated carbocycles. The van der Waals surface area contributed by atoms with Crippen LogP contribution in [-0.4, -0.2) is 47.1 Å². The number of aromatic nitrogens is 2. The number of pyridine rings is 2. The molecule has 1 aliphatic heterocycles. The molecule has 168 valence electrons. The summed E-state index contributed by atoms with van der Waals surface area (Å²) < 4.78 is 25.4. The summed E-state index contributed by atoms with van der Waals surface area (Å²) in [5.41, 5.74) is 1.22. The predicted octanol–water partition coefficient (Wildman–Crippen LogP) is 3.82. The van der Waals surface area contributed by atoms with E-state index in [-0.39, 0.29) is 24.9 Å². The highest BCUT2D eigenvalue weighted by Crippen LogP contribution is 2.21. The first kappa shape index (κ1) is 22.3. The van der Waals surface area contributed by atoms with Gasteiger partial charge in [0.2, 0.25) is 0 Å². The highest BCUT2D eigenvalue weighted by molar-refractivity contribution is 6.30. The van der Waals surface area contributed by atoms with Crippen molar-refractivity contribution >= 4 is 11.6 Å². The third-order valence-electron chi connectivity index (χ3n) is 4.94. The lowest BCUT2D eigenvalue weighted by molar-refractivity contribution is -0.149. The molecule has 0 N–H and O–H groups in total. The molecule has 0 radical (unpaired) electrons. The zero-order valence-corrected chi connectivity index (χ0v) is 18.1. The number of hydrogen-bond acceptors (Lipinski definition) is 6. The topological polar surface area (TPSA) is 65.8 Å². The first-order chi connectivity index (χ1) is 15.6. The second kappa shape index (κ2) is 10.6. The van der Waals surface area contributed by atoms with Crippen LogP contribution in [-0.2, 0) is 11.4 Å². The molecule has 1 fully saturated rings. The Bertz CT molecular complexity index is 1080. The summed E-state index contributed by atoms with van der Waals surface area (Å²) in [6.07, 6.45) is 4.00. The standard InChI is InChI=1S/C23H23ClFN3O4/c24-17-1-2-18(26-14-17)16-30-21-8-11-28(23(29)13-21)19-3-5-20(6-4-19)32-22-7-10-27(15-22)31-12-9-25/h1-6,8,11,13-14,22H,7,9-10,12,15-16H2/t22-/m1/s1. The molecule has 1 aliphatic rings. The fourth-order valence-corrected chi connectivity index (χ4v) is 3.48. The van der Waals surface area contributed by atoms with Crippen LogP contribution in [0.1, 0.15) is 12.1 Å². The molecule has 0 amide bonds. The van der Waals surface area contributed by atoms with Gasteiger partial charge in [-0.3, -0.25) is 19.2 Å². The van der Waals surface area contributed by atoms with Gasteiger partial charge < -0.3 is 9.47 Å². The van der Waals surface area contributed by atoms with Gasteiger partial charge in [0.15, 0.2) is 0 Å². The van der Waals surface area contributed by atoms with E-state index < -0.39 is 6.67 Å². The van der Waals surface area contributed by atoms with Crippen molar-refractivity contribution in [3.63, 3.8) is 0 Å². The van der Waals surface area contributed by atoms with Gasteiger partial charge in [0, 0.05) is 37.1 Å². The fraction of sp³-hybridized carbons (Fsp3) is 0.304. The van der Waals surface area contributed by atoms with E-state index in [0.717, 1.165) is 6.42 Å². The van der Waals surface area contributed by atoms with Crippen molar-refractivity contribution in [3.05, 3.63) is 82.0 Å². The van der Waals surface area contributed by atoms with Crippen molar-refractivity contribution in [1.82, 2.24) is 14.6 Å². The number of hydrogen-bond donors (Lipinski definition) is 0. The van der Waals surface area contributed by atoms with Gasteiger partial charge in [0.25, 0.3) is 5.56 Å². The van der Waals surface area contributed by atoms with Crippen LogP contribution in [0.15, 0.2) is 65.7 Å². The number of ether oxygens (including phenoxy) is 2. The maximum absolute atomic E-state index is 12.6. The Morgan fingerprint density at radius 2 is 1.97 bits per heavy atom. The van der Waals surface area contributed by atoms with Crippen molar-refractivity contribution < 1.29 is 18.7 Å². The quantitative estimate of drug-likeness (QED) is 0.484. The molecule has 0 bridgehead atoms. The normalized spacial score (nSPS) is 16.2. The molecule has 4 rings (SSSR count). The first-order valence-electron chi connectivity index (χ1n) is 10.3. The summed E-state index contributed by atoms with van der Waals surface area (Å²) in [6, 6.07) is 14.0. The molecule has 3 heterocycles. The van der Waals surface area contributed by atoms with Crippen molar-refractivity contribution in [2.45, 2.75) is 19.1 Å². The van der Waals surface area contributed by atoms with Crippen molar-refractivity contribution in [1.29, 1.82) is 0 Å². The number of halogens is 2. The summed E-state index contributed by atoms with van der Waals surface area (Å²) in [6.45, 7) is 1.10. The lowest BCUT2D eigenvalue weighted by atomic mass is 10.2. The van der Waals surface area contributed by atoms with Crippen LogP contribution < -0.4 is 15.0 Å².